The van der Waals surface area contributed by atoms with E-state index < -0.39 is 0 Å². The predicted molar refractivity (Wildman–Crippen MR) is 111 cm³/mol. The highest BCUT2D eigenvalue weighted by Crippen LogP contribution is 2.23. The molecule has 1 aliphatic rings. The minimum Gasteiger partial charge on any atom is -0.378 e. The number of morpholine rings is 1. The van der Waals surface area contributed by atoms with Crippen molar-refractivity contribution in [2.45, 2.75) is 20.8 Å². The van der Waals surface area contributed by atoms with Gasteiger partial charge in [-0.2, -0.15) is 0 Å². The van der Waals surface area contributed by atoms with Crippen molar-refractivity contribution in [1.29, 1.82) is 0 Å². The second-order valence-corrected chi connectivity index (χ2v) is 7.13. The quantitative estimate of drug-likeness (QED) is 0.836. The summed E-state index contributed by atoms with van der Waals surface area (Å²) in [6, 6.07) is 11.5. The van der Waals surface area contributed by atoms with Gasteiger partial charge in [-0.15, -0.1) is 0 Å². The molecule has 0 aromatic heterocycles. The van der Waals surface area contributed by atoms with Gasteiger partial charge < -0.3 is 20.3 Å². The fourth-order valence-corrected chi connectivity index (χ4v) is 3.15. The van der Waals surface area contributed by atoms with E-state index in [-0.39, 0.29) is 18.4 Å². The van der Waals surface area contributed by atoms with E-state index >= 15 is 0 Å². The maximum Gasteiger partial charge on any atom is 0.251 e. The molecule has 0 unspecified atom stereocenters. The van der Waals surface area contributed by atoms with Crippen LogP contribution in [0.25, 0.3) is 0 Å². The van der Waals surface area contributed by atoms with Crippen molar-refractivity contribution in [3.8, 4) is 0 Å². The molecule has 0 saturated carbocycles. The molecule has 2 aromatic rings. The first-order chi connectivity index (χ1) is 13.4. The van der Waals surface area contributed by atoms with Crippen LogP contribution in [0.4, 0.5) is 11.4 Å². The average Bonchev–Trinajstić information content (AvgIpc) is 2.70. The summed E-state index contributed by atoms with van der Waals surface area (Å²) < 4.78 is 5.39. The molecule has 0 bridgehead atoms. The third-order valence-electron chi connectivity index (χ3n) is 5.04. The number of rotatable bonds is 5. The van der Waals surface area contributed by atoms with Gasteiger partial charge in [-0.05, 0) is 67.8 Å². The van der Waals surface area contributed by atoms with Crippen LogP contribution in [0.3, 0.4) is 0 Å². The zero-order valence-corrected chi connectivity index (χ0v) is 16.7. The van der Waals surface area contributed by atoms with Gasteiger partial charge in [-0.25, -0.2) is 0 Å². The first kappa shape index (κ1) is 19.9. The number of hydrogen-bond donors (Lipinski definition) is 2. The van der Waals surface area contributed by atoms with E-state index in [0.29, 0.717) is 5.56 Å². The summed E-state index contributed by atoms with van der Waals surface area (Å²) in [5, 5.41) is 5.55. The van der Waals surface area contributed by atoms with Crippen LogP contribution >= 0.6 is 0 Å². The lowest BCUT2D eigenvalue weighted by molar-refractivity contribution is -0.115. The lowest BCUT2D eigenvalue weighted by Gasteiger charge is -2.29. The molecule has 1 aliphatic heterocycles. The number of aryl methyl sites for hydroxylation is 3. The lowest BCUT2D eigenvalue weighted by Crippen LogP contribution is -2.36. The third-order valence-corrected chi connectivity index (χ3v) is 5.04. The van der Waals surface area contributed by atoms with Crippen molar-refractivity contribution in [3.05, 3.63) is 58.7 Å². The Hall–Kier alpha value is -2.86. The molecule has 2 aromatic carbocycles. The molecule has 0 atom stereocenters. The monoisotopic (exact) mass is 381 g/mol. The van der Waals surface area contributed by atoms with Gasteiger partial charge >= 0.3 is 0 Å². The van der Waals surface area contributed by atoms with Gasteiger partial charge in [0.05, 0.1) is 19.8 Å². The maximum atomic E-state index is 12.3. The molecule has 1 heterocycles. The number of nitrogens with one attached hydrogen (secondary N) is 2. The van der Waals surface area contributed by atoms with Gasteiger partial charge in [-0.1, -0.05) is 6.07 Å². The number of benzene rings is 2. The van der Waals surface area contributed by atoms with Crippen LogP contribution in [0.2, 0.25) is 0 Å². The van der Waals surface area contributed by atoms with E-state index in [2.05, 4.69) is 21.6 Å². The van der Waals surface area contributed by atoms with Crippen LogP contribution in [0.1, 0.15) is 27.0 Å². The number of amides is 2. The van der Waals surface area contributed by atoms with E-state index in [1.807, 2.05) is 45.0 Å². The molecule has 1 saturated heterocycles. The Bertz CT molecular complexity index is 873. The standard InChI is InChI=1S/C22H27N3O3/c1-15-4-5-18(12-16(15)2)22(27)23-14-21(26)24-20-7-6-19(13-17(20)3)25-8-10-28-11-9-25/h4-7,12-13H,8-11,14H2,1-3H3,(H,23,27)(H,24,26). The second kappa shape index (κ2) is 8.89. The van der Waals surface area contributed by atoms with Crippen molar-refractivity contribution in [3.63, 3.8) is 0 Å². The number of anilines is 2. The molecule has 6 nitrogen and oxygen atoms in total. The normalized spacial score (nSPS) is 13.9. The molecule has 0 spiro atoms. The van der Waals surface area contributed by atoms with Crippen molar-refractivity contribution < 1.29 is 14.3 Å². The zero-order valence-electron chi connectivity index (χ0n) is 16.7. The first-order valence-corrected chi connectivity index (χ1v) is 9.52. The molecule has 6 heteroatoms. The van der Waals surface area contributed by atoms with E-state index in [1.54, 1.807) is 6.07 Å². The first-order valence-electron chi connectivity index (χ1n) is 9.52. The zero-order chi connectivity index (χ0) is 20.1. The van der Waals surface area contributed by atoms with Crippen molar-refractivity contribution >= 4 is 23.2 Å². The molecular formula is C22H27N3O3. The van der Waals surface area contributed by atoms with Crippen LogP contribution < -0.4 is 15.5 Å². The van der Waals surface area contributed by atoms with Crippen LogP contribution in [0, 0.1) is 20.8 Å². The van der Waals surface area contributed by atoms with Crippen molar-refractivity contribution in [2.75, 3.05) is 43.1 Å². The topological polar surface area (TPSA) is 70.7 Å². The Kier molecular flexibility index (Phi) is 6.31. The molecule has 1 fully saturated rings. The van der Waals surface area contributed by atoms with Crippen molar-refractivity contribution in [1.82, 2.24) is 5.32 Å². The Labute approximate surface area is 165 Å². The summed E-state index contributed by atoms with van der Waals surface area (Å²) in [4.78, 5) is 26.8. The van der Waals surface area contributed by atoms with E-state index in [4.69, 9.17) is 4.74 Å². The van der Waals surface area contributed by atoms with Gasteiger partial charge in [-0.3, -0.25) is 9.59 Å². The van der Waals surface area contributed by atoms with Crippen molar-refractivity contribution in [2.24, 2.45) is 0 Å². The van der Waals surface area contributed by atoms with Gasteiger partial charge in [0.2, 0.25) is 5.91 Å². The number of hydrogen-bond acceptors (Lipinski definition) is 4. The fourth-order valence-electron chi connectivity index (χ4n) is 3.15. The Morgan fingerprint density at radius 1 is 0.964 bits per heavy atom. The summed E-state index contributed by atoms with van der Waals surface area (Å²) in [7, 11) is 0. The second-order valence-electron chi connectivity index (χ2n) is 7.13. The number of carbonyl (C=O) groups excluding carboxylic acids is 2. The third kappa shape index (κ3) is 4.89. The highest BCUT2D eigenvalue weighted by Gasteiger charge is 2.13. The summed E-state index contributed by atoms with van der Waals surface area (Å²) in [6.45, 7) is 9.06. The van der Waals surface area contributed by atoms with Crippen LogP contribution in [0.15, 0.2) is 36.4 Å². The van der Waals surface area contributed by atoms with Crippen LogP contribution in [0.5, 0.6) is 0 Å². The van der Waals surface area contributed by atoms with Gasteiger partial charge in [0.25, 0.3) is 5.91 Å². The molecule has 0 radical (unpaired) electrons. The Morgan fingerprint density at radius 3 is 2.39 bits per heavy atom. The summed E-state index contributed by atoms with van der Waals surface area (Å²) in [5.74, 6) is -0.503. The Balaban J connectivity index is 1.55. The van der Waals surface area contributed by atoms with Gasteiger partial charge in [0, 0.05) is 30.0 Å². The maximum absolute atomic E-state index is 12.3. The summed E-state index contributed by atoms with van der Waals surface area (Å²) in [6.07, 6.45) is 0. The highest BCUT2D eigenvalue weighted by atomic mass is 16.5. The van der Waals surface area contributed by atoms with Crippen LogP contribution in [-0.4, -0.2) is 44.7 Å². The number of ether oxygens (including phenoxy) is 1. The minimum atomic E-state index is -0.252. The van der Waals surface area contributed by atoms with Gasteiger partial charge in [0.1, 0.15) is 0 Å². The number of nitrogens with zero attached hydrogens (tertiary/aromatic N) is 1. The predicted octanol–water partition coefficient (Wildman–Crippen LogP) is 2.82. The largest absolute Gasteiger partial charge is 0.378 e. The lowest BCUT2D eigenvalue weighted by atomic mass is 10.1. The smallest absolute Gasteiger partial charge is 0.251 e. The Morgan fingerprint density at radius 2 is 1.71 bits per heavy atom. The van der Waals surface area contributed by atoms with E-state index in [0.717, 1.165) is 54.4 Å². The molecule has 0 aliphatic carbocycles. The van der Waals surface area contributed by atoms with Gasteiger partial charge in [0.15, 0.2) is 0 Å². The summed E-state index contributed by atoms with van der Waals surface area (Å²) in [5.41, 5.74) is 5.60. The van der Waals surface area contributed by atoms with E-state index in [9.17, 15) is 9.59 Å². The molecule has 148 valence electrons. The van der Waals surface area contributed by atoms with Crippen LogP contribution in [-0.2, 0) is 9.53 Å². The minimum absolute atomic E-state index is 0.0730. The molecule has 2 amide bonds. The average molecular weight is 381 g/mol. The molecule has 28 heavy (non-hydrogen) atoms. The molecule has 2 N–H and O–H groups in total. The van der Waals surface area contributed by atoms with E-state index in [1.165, 1.54) is 0 Å². The highest BCUT2D eigenvalue weighted by molar-refractivity contribution is 5.99. The SMILES string of the molecule is Cc1ccc(C(=O)NCC(=O)Nc2ccc(N3CCOCC3)cc2C)cc1C. The fraction of sp³-hybridized carbons (Fsp3) is 0.364. The molecular weight excluding hydrogens is 354 g/mol. The summed E-state index contributed by atoms with van der Waals surface area (Å²) >= 11 is 0. The molecule has 3 rings (SSSR count). The number of carbonyl (C=O) groups is 2.